The maximum Gasteiger partial charge on any atom is 0.434 e. The third kappa shape index (κ3) is 4.11. The number of halogens is 3. The Bertz CT molecular complexity index is 1090. The second kappa shape index (κ2) is 7.58. The van der Waals surface area contributed by atoms with E-state index in [0.717, 1.165) is 50.4 Å². The molecule has 10 heteroatoms. The van der Waals surface area contributed by atoms with Crippen LogP contribution in [0.25, 0.3) is 5.65 Å². The zero-order valence-electron chi connectivity index (χ0n) is 16.7. The molecule has 3 aromatic heterocycles. The molecule has 2 fully saturated rings. The lowest BCUT2D eigenvalue weighted by Gasteiger charge is -2.30. The van der Waals surface area contributed by atoms with E-state index in [-0.39, 0.29) is 23.6 Å². The molecule has 2 aliphatic rings. The molecular formula is C21H23F3N6O. The second-order valence-electron chi connectivity index (χ2n) is 8.40. The minimum Gasteiger partial charge on any atom is -0.368 e. The SMILES string of the molecule is O=C(NC1CCC(Nc2cccc3nc(C(F)(F)F)cn23)CC1)c1cn[nH]c1C1CC1. The monoisotopic (exact) mass is 432 g/mol. The van der Waals surface area contributed by atoms with Gasteiger partial charge in [-0.3, -0.25) is 14.3 Å². The van der Waals surface area contributed by atoms with Gasteiger partial charge in [-0.05, 0) is 50.7 Å². The van der Waals surface area contributed by atoms with Crippen molar-refractivity contribution in [3.8, 4) is 0 Å². The van der Waals surface area contributed by atoms with Gasteiger partial charge in [-0.1, -0.05) is 6.07 Å². The molecular weight excluding hydrogens is 409 g/mol. The van der Waals surface area contributed by atoms with Gasteiger partial charge in [0.15, 0.2) is 5.69 Å². The first-order valence-corrected chi connectivity index (χ1v) is 10.5. The van der Waals surface area contributed by atoms with Crippen molar-refractivity contribution in [1.29, 1.82) is 0 Å². The molecule has 2 saturated carbocycles. The van der Waals surface area contributed by atoms with E-state index in [1.807, 2.05) is 0 Å². The van der Waals surface area contributed by atoms with Gasteiger partial charge >= 0.3 is 6.18 Å². The summed E-state index contributed by atoms with van der Waals surface area (Å²) in [5, 5.41) is 13.4. The van der Waals surface area contributed by atoms with E-state index in [2.05, 4.69) is 25.8 Å². The Morgan fingerprint density at radius 2 is 1.84 bits per heavy atom. The molecule has 0 saturated heterocycles. The fourth-order valence-corrected chi connectivity index (χ4v) is 4.28. The molecule has 0 unspecified atom stereocenters. The van der Waals surface area contributed by atoms with Crippen LogP contribution in [0.1, 0.15) is 66.2 Å². The van der Waals surface area contributed by atoms with E-state index in [0.29, 0.717) is 17.3 Å². The summed E-state index contributed by atoms with van der Waals surface area (Å²) in [6.45, 7) is 0. The number of aromatic nitrogens is 4. The minimum absolute atomic E-state index is 0.0772. The minimum atomic E-state index is -4.48. The highest BCUT2D eigenvalue weighted by atomic mass is 19.4. The van der Waals surface area contributed by atoms with Crippen LogP contribution in [0.5, 0.6) is 0 Å². The second-order valence-corrected chi connectivity index (χ2v) is 8.40. The summed E-state index contributed by atoms with van der Waals surface area (Å²) in [4.78, 5) is 16.3. The number of carbonyl (C=O) groups excluding carboxylic acids is 1. The Hall–Kier alpha value is -3.04. The van der Waals surface area contributed by atoms with Gasteiger partial charge in [0.2, 0.25) is 0 Å². The average Bonchev–Trinajstić information content (AvgIpc) is 3.27. The number of rotatable bonds is 5. The molecule has 0 radical (unpaired) electrons. The number of imidazole rings is 1. The summed E-state index contributed by atoms with van der Waals surface area (Å²) >= 11 is 0. The summed E-state index contributed by atoms with van der Waals surface area (Å²) in [6.07, 6.45) is 3.53. The zero-order chi connectivity index (χ0) is 21.6. The zero-order valence-corrected chi connectivity index (χ0v) is 16.7. The van der Waals surface area contributed by atoms with Crippen molar-refractivity contribution in [2.75, 3.05) is 5.32 Å². The highest BCUT2D eigenvalue weighted by Crippen LogP contribution is 2.40. The van der Waals surface area contributed by atoms with Crippen molar-refractivity contribution in [1.82, 2.24) is 24.9 Å². The van der Waals surface area contributed by atoms with Crippen molar-refractivity contribution in [3.05, 3.63) is 47.5 Å². The van der Waals surface area contributed by atoms with Gasteiger partial charge in [0.25, 0.3) is 5.91 Å². The molecule has 2 aliphatic carbocycles. The van der Waals surface area contributed by atoms with Gasteiger partial charge < -0.3 is 10.6 Å². The van der Waals surface area contributed by atoms with E-state index in [1.165, 1.54) is 4.40 Å². The highest BCUT2D eigenvalue weighted by molar-refractivity contribution is 5.95. The molecule has 164 valence electrons. The molecule has 3 heterocycles. The van der Waals surface area contributed by atoms with E-state index in [4.69, 9.17) is 0 Å². The first-order valence-electron chi connectivity index (χ1n) is 10.5. The summed E-state index contributed by atoms with van der Waals surface area (Å²) < 4.78 is 40.4. The predicted octanol–water partition coefficient (Wildman–Crippen LogP) is 4.11. The third-order valence-electron chi connectivity index (χ3n) is 6.10. The number of alkyl halides is 3. The van der Waals surface area contributed by atoms with Gasteiger partial charge in [-0.25, -0.2) is 4.98 Å². The van der Waals surface area contributed by atoms with Gasteiger partial charge in [0.05, 0.1) is 17.5 Å². The Morgan fingerprint density at radius 1 is 1.10 bits per heavy atom. The van der Waals surface area contributed by atoms with Crippen molar-refractivity contribution in [2.45, 2.75) is 62.7 Å². The Morgan fingerprint density at radius 3 is 2.55 bits per heavy atom. The maximum atomic E-state index is 13.0. The average molecular weight is 432 g/mol. The molecule has 0 bridgehead atoms. The molecule has 5 rings (SSSR count). The van der Waals surface area contributed by atoms with Crippen LogP contribution in [0.15, 0.2) is 30.6 Å². The predicted molar refractivity (Wildman–Crippen MR) is 108 cm³/mol. The van der Waals surface area contributed by atoms with Crippen molar-refractivity contribution < 1.29 is 18.0 Å². The van der Waals surface area contributed by atoms with E-state index in [1.54, 1.807) is 24.4 Å². The number of fused-ring (bicyclic) bond motifs is 1. The Labute approximate surface area is 176 Å². The maximum absolute atomic E-state index is 13.0. The van der Waals surface area contributed by atoms with Crippen LogP contribution in [0.2, 0.25) is 0 Å². The van der Waals surface area contributed by atoms with Crippen molar-refractivity contribution in [3.63, 3.8) is 0 Å². The smallest absolute Gasteiger partial charge is 0.368 e. The van der Waals surface area contributed by atoms with Crippen LogP contribution in [-0.4, -0.2) is 37.6 Å². The molecule has 0 aliphatic heterocycles. The standard InChI is InChI=1S/C21H23F3N6O/c22-21(23,24)16-11-30-17(2-1-3-18(30)28-16)26-13-6-8-14(9-7-13)27-20(31)15-10-25-29-19(15)12-4-5-12/h1-3,10-14,26H,4-9H2,(H,25,29)(H,27,31). The van der Waals surface area contributed by atoms with E-state index >= 15 is 0 Å². The fourth-order valence-electron chi connectivity index (χ4n) is 4.28. The van der Waals surface area contributed by atoms with Gasteiger partial charge in [-0.2, -0.15) is 18.3 Å². The number of carbonyl (C=O) groups is 1. The van der Waals surface area contributed by atoms with Crippen molar-refractivity contribution in [2.24, 2.45) is 0 Å². The number of hydrogen-bond acceptors (Lipinski definition) is 4. The normalized spacial score (nSPS) is 21.9. The van der Waals surface area contributed by atoms with Crippen LogP contribution in [0, 0.1) is 0 Å². The molecule has 3 N–H and O–H groups in total. The molecule has 31 heavy (non-hydrogen) atoms. The highest BCUT2D eigenvalue weighted by Gasteiger charge is 2.34. The number of amides is 1. The number of nitrogens with zero attached hydrogens (tertiary/aromatic N) is 3. The molecule has 0 spiro atoms. The summed E-state index contributed by atoms with van der Waals surface area (Å²) in [7, 11) is 0. The quantitative estimate of drug-likeness (QED) is 0.566. The molecule has 0 atom stereocenters. The lowest BCUT2D eigenvalue weighted by atomic mass is 9.91. The Kier molecular flexibility index (Phi) is 4.86. The number of pyridine rings is 1. The summed E-state index contributed by atoms with van der Waals surface area (Å²) in [6, 6.07) is 5.19. The lowest BCUT2D eigenvalue weighted by molar-refractivity contribution is -0.140. The number of H-pyrrole nitrogens is 1. The lowest BCUT2D eigenvalue weighted by Crippen LogP contribution is -2.40. The van der Waals surface area contributed by atoms with Crippen molar-refractivity contribution >= 4 is 17.4 Å². The molecule has 3 aromatic rings. The first kappa shape index (κ1) is 19.9. The third-order valence-corrected chi connectivity index (χ3v) is 6.10. The summed E-state index contributed by atoms with van der Waals surface area (Å²) in [5.74, 6) is 0.919. The molecule has 0 aromatic carbocycles. The van der Waals surface area contributed by atoms with Crippen LogP contribution in [0.3, 0.4) is 0 Å². The van der Waals surface area contributed by atoms with Crippen LogP contribution < -0.4 is 10.6 Å². The Balaban J connectivity index is 1.20. The number of anilines is 1. The topological polar surface area (TPSA) is 87.1 Å². The molecule has 7 nitrogen and oxygen atoms in total. The number of nitrogens with one attached hydrogen (secondary N) is 3. The fraction of sp³-hybridized carbons (Fsp3) is 0.476. The molecule has 1 amide bonds. The van der Waals surface area contributed by atoms with E-state index in [9.17, 15) is 18.0 Å². The van der Waals surface area contributed by atoms with Crippen LogP contribution >= 0.6 is 0 Å². The van der Waals surface area contributed by atoms with Crippen LogP contribution in [-0.2, 0) is 6.18 Å². The number of aromatic amines is 1. The van der Waals surface area contributed by atoms with Gasteiger partial charge in [0, 0.05) is 24.2 Å². The summed E-state index contributed by atoms with van der Waals surface area (Å²) in [5.41, 5.74) is 0.914. The van der Waals surface area contributed by atoms with Crippen LogP contribution in [0.4, 0.5) is 19.0 Å². The van der Waals surface area contributed by atoms with Gasteiger partial charge in [-0.15, -0.1) is 0 Å². The largest absolute Gasteiger partial charge is 0.434 e. The van der Waals surface area contributed by atoms with E-state index < -0.39 is 11.9 Å². The first-order chi connectivity index (χ1) is 14.9. The van der Waals surface area contributed by atoms with Gasteiger partial charge in [0.1, 0.15) is 11.5 Å². The number of hydrogen-bond donors (Lipinski definition) is 3.